The summed E-state index contributed by atoms with van der Waals surface area (Å²) in [5.41, 5.74) is 2.00. The van der Waals surface area contributed by atoms with Gasteiger partial charge in [-0.2, -0.15) is 0 Å². The van der Waals surface area contributed by atoms with Crippen LogP contribution in [-0.2, 0) is 11.2 Å². The minimum absolute atomic E-state index is 0.216. The molecule has 2 rings (SSSR count). The predicted octanol–water partition coefficient (Wildman–Crippen LogP) is 2.57. The Hall–Kier alpha value is -2.89. The van der Waals surface area contributed by atoms with Crippen LogP contribution in [0.2, 0.25) is 0 Å². The van der Waals surface area contributed by atoms with Crippen LogP contribution in [0, 0.1) is 0 Å². The zero-order chi connectivity index (χ0) is 16.7. The molecule has 6 heteroatoms. The topological polar surface area (TPSA) is 71.5 Å². The lowest BCUT2D eigenvalue weighted by atomic mass is 10.2. The number of carbonyl (C=O) groups excluding carboxylic acids is 2. The maximum atomic E-state index is 12.1. The number of hydrogen-bond acceptors (Lipinski definition) is 4. The van der Waals surface area contributed by atoms with Crippen molar-refractivity contribution in [3.05, 3.63) is 59.9 Å². The van der Waals surface area contributed by atoms with Crippen molar-refractivity contribution >= 4 is 17.7 Å². The first kappa shape index (κ1) is 16.5. The Bertz CT molecular complexity index is 657. The number of ether oxygens (including phenoxy) is 1. The number of amides is 2. The van der Waals surface area contributed by atoms with Crippen LogP contribution in [0.1, 0.15) is 16.1 Å². The summed E-state index contributed by atoms with van der Waals surface area (Å²) in [6, 6.07) is 12.0. The van der Waals surface area contributed by atoms with E-state index in [2.05, 4.69) is 15.0 Å². The van der Waals surface area contributed by atoms with Crippen LogP contribution < -0.4 is 5.32 Å². The van der Waals surface area contributed by atoms with Crippen molar-refractivity contribution in [1.82, 2.24) is 9.88 Å². The molecule has 2 amide bonds. The first-order valence-corrected chi connectivity index (χ1v) is 7.20. The normalized spacial score (nSPS) is 10.0. The zero-order valence-corrected chi connectivity index (χ0v) is 13.2. The lowest BCUT2D eigenvalue weighted by Gasteiger charge is -2.17. The Balaban J connectivity index is 1.86. The van der Waals surface area contributed by atoms with Gasteiger partial charge in [-0.05, 0) is 36.4 Å². The number of nitrogens with zero attached hydrogens (tertiary/aromatic N) is 2. The van der Waals surface area contributed by atoms with Gasteiger partial charge in [0.05, 0.1) is 12.7 Å². The number of esters is 1. The fourth-order valence-corrected chi connectivity index (χ4v) is 1.96. The van der Waals surface area contributed by atoms with Gasteiger partial charge in [0, 0.05) is 37.6 Å². The van der Waals surface area contributed by atoms with Gasteiger partial charge in [0.15, 0.2) is 0 Å². The standard InChI is InChI=1S/C17H19N3O3/c1-20(12-10-14-5-3-4-11-18-14)17(22)19-15-8-6-13(7-9-15)16(21)23-2/h3-9,11H,10,12H2,1-2H3,(H,19,22). The molecule has 1 heterocycles. The van der Waals surface area contributed by atoms with Crippen molar-refractivity contribution in [3.63, 3.8) is 0 Å². The predicted molar refractivity (Wildman–Crippen MR) is 87.4 cm³/mol. The highest BCUT2D eigenvalue weighted by atomic mass is 16.5. The van der Waals surface area contributed by atoms with Gasteiger partial charge in [-0.1, -0.05) is 6.07 Å². The quantitative estimate of drug-likeness (QED) is 0.861. The van der Waals surface area contributed by atoms with Crippen LogP contribution in [0.25, 0.3) is 0 Å². The third-order valence-electron chi connectivity index (χ3n) is 3.33. The van der Waals surface area contributed by atoms with E-state index in [0.717, 1.165) is 5.69 Å². The Morgan fingerprint density at radius 3 is 2.52 bits per heavy atom. The van der Waals surface area contributed by atoms with E-state index >= 15 is 0 Å². The second kappa shape index (κ2) is 7.93. The number of pyridine rings is 1. The highest BCUT2D eigenvalue weighted by Crippen LogP contribution is 2.11. The van der Waals surface area contributed by atoms with E-state index in [1.807, 2.05) is 18.2 Å². The van der Waals surface area contributed by atoms with Gasteiger partial charge in [-0.15, -0.1) is 0 Å². The Morgan fingerprint density at radius 1 is 1.17 bits per heavy atom. The van der Waals surface area contributed by atoms with Crippen molar-refractivity contribution in [1.29, 1.82) is 0 Å². The Kier molecular flexibility index (Phi) is 5.68. The minimum atomic E-state index is -0.407. The summed E-state index contributed by atoms with van der Waals surface area (Å²) in [5.74, 6) is -0.407. The van der Waals surface area contributed by atoms with Crippen molar-refractivity contribution in [2.45, 2.75) is 6.42 Å². The van der Waals surface area contributed by atoms with Gasteiger partial charge >= 0.3 is 12.0 Å². The van der Waals surface area contributed by atoms with Crippen LogP contribution >= 0.6 is 0 Å². The van der Waals surface area contributed by atoms with E-state index in [1.54, 1.807) is 42.4 Å². The molecule has 6 nitrogen and oxygen atoms in total. The van der Waals surface area contributed by atoms with E-state index < -0.39 is 5.97 Å². The molecular weight excluding hydrogens is 294 g/mol. The fourth-order valence-electron chi connectivity index (χ4n) is 1.96. The monoisotopic (exact) mass is 313 g/mol. The number of rotatable bonds is 5. The van der Waals surface area contributed by atoms with E-state index in [4.69, 9.17) is 0 Å². The van der Waals surface area contributed by atoms with Gasteiger partial charge in [-0.3, -0.25) is 4.98 Å². The first-order valence-electron chi connectivity index (χ1n) is 7.20. The number of methoxy groups -OCH3 is 1. The molecular formula is C17H19N3O3. The molecule has 1 N–H and O–H groups in total. The minimum Gasteiger partial charge on any atom is -0.465 e. The van der Waals surface area contributed by atoms with Gasteiger partial charge in [0.25, 0.3) is 0 Å². The van der Waals surface area contributed by atoms with Crippen LogP contribution in [-0.4, -0.2) is 42.6 Å². The molecule has 0 radical (unpaired) electrons. The average molecular weight is 313 g/mol. The molecule has 1 aromatic heterocycles. The lowest BCUT2D eigenvalue weighted by Crippen LogP contribution is -2.33. The summed E-state index contributed by atoms with van der Waals surface area (Å²) in [4.78, 5) is 29.3. The summed E-state index contributed by atoms with van der Waals surface area (Å²) >= 11 is 0. The molecule has 0 bridgehead atoms. The number of anilines is 1. The van der Waals surface area contributed by atoms with Gasteiger partial charge in [0.2, 0.25) is 0 Å². The fraction of sp³-hybridized carbons (Fsp3) is 0.235. The molecule has 0 spiro atoms. The van der Waals surface area contributed by atoms with E-state index in [-0.39, 0.29) is 6.03 Å². The summed E-state index contributed by atoms with van der Waals surface area (Å²) in [7, 11) is 3.05. The highest BCUT2D eigenvalue weighted by Gasteiger charge is 2.10. The van der Waals surface area contributed by atoms with Crippen LogP contribution in [0.4, 0.5) is 10.5 Å². The summed E-state index contributed by atoms with van der Waals surface area (Å²) in [6.07, 6.45) is 2.42. The molecule has 0 fully saturated rings. The summed E-state index contributed by atoms with van der Waals surface area (Å²) < 4.78 is 4.63. The number of likely N-dealkylation sites (N-methyl/N-ethyl adjacent to an activating group) is 1. The van der Waals surface area contributed by atoms with E-state index in [0.29, 0.717) is 24.2 Å². The number of nitrogens with one attached hydrogen (secondary N) is 1. The van der Waals surface area contributed by atoms with Crippen molar-refractivity contribution < 1.29 is 14.3 Å². The van der Waals surface area contributed by atoms with Crippen molar-refractivity contribution in [3.8, 4) is 0 Å². The smallest absolute Gasteiger partial charge is 0.337 e. The van der Waals surface area contributed by atoms with E-state index in [1.165, 1.54) is 7.11 Å². The highest BCUT2D eigenvalue weighted by molar-refractivity contribution is 5.92. The number of carbonyl (C=O) groups is 2. The van der Waals surface area contributed by atoms with Crippen LogP contribution in [0.5, 0.6) is 0 Å². The number of hydrogen-bond donors (Lipinski definition) is 1. The maximum absolute atomic E-state index is 12.1. The molecule has 0 saturated carbocycles. The lowest BCUT2D eigenvalue weighted by molar-refractivity contribution is 0.0601. The molecule has 0 aliphatic carbocycles. The Morgan fingerprint density at radius 2 is 1.91 bits per heavy atom. The second-order valence-electron chi connectivity index (χ2n) is 4.99. The molecule has 1 aromatic carbocycles. The van der Waals surface area contributed by atoms with Gasteiger partial charge in [-0.25, -0.2) is 9.59 Å². The third-order valence-corrected chi connectivity index (χ3v) is 3.33. The van der Waals surface area contributed by atoms with Crippen molar-refractivity contribution in [2.75, 3.05) is 26.0 Å². The largest absolute Gasteiger partial charge is 0.465 e. The summed E-state index contributed by atoms with van der Waals surface area (Å²) in [5, 5.41) is 2.78. The third kappa shape index (κ3) is 4.81. The van der Waals surface area contributed by atoms with Gasteiger partial charge in [0.1, 0.15) is 0 Å². The average Bonchev–Trinajstić information content (AvgIpc) is 2.60. The summed E-state index contributed by atoms with van der Waals surface area (Å²) in [6.45, 7) is 0.559. The Labute approximate surface area is 135 Å². The van der Waals surface area contributed by atoms with E-state index in [9.17, 15) is 9.59 Å². The van der Waals surface area contributed by atoms with Crippen LogP contribution in [0.3, 0.4) is 0 Å². The second-order valence-corrected chi connectivity index (χ2v) is 4.99. The molecule has 0 atom stereocenters. The first-order chi connectivity index (χ1) is 11.1. The van der Waals surface area contributed by atoms with Gasteiger partial charge < -0.3 is 15.0 Å². The number of aromatic nitrogens is 1. The maximum Gasteiger partial charge on any atom is 0.337 e. The SMILES string of the molecule is COC(=O)c1ccc(NC(=O)N(C)CCc2ccccn2)cc1. The zero-order valence-electron chi connectivity index (χ0n) is 13.2. The molecule has 23 heavy (non-hydrogen) atoms. The molecule has 0 aliphatic rings. The molecule has 0 aliphatic heterocycles. The molecule has 2 aromatic rings. The molecule has 120 valence electrons. The molecule has 0 saturated heterocycles. The van der Waals surface area contributed by atoms with Crippen molar-refractivity contribution in [2.24, 2.45) is 0 Å². The number of urea groups is 1. The number of benzene rings is 1. The van der Waals surface area contributed by atoms with Crippen LogP contribution in [0.15, 0.2) is 48.7 Å². The molecule has 0 unspecified atom stereocenters.